The molecule has 0 radical (unpaired) electrons. The standard InChI is InChI=1S/C50H63N7O18/c1-22(2)39(55-30(58)12-15-57-32(60)10-11-33(57)61)46(67)54-23(3)45(66)53-21-31(59)51-13-14-52-49(68)50(69)19-26-36(43(65)38-37(41(26)63)40(62)25-8-7-9-28(70-5)35(25)42(38)64)29(20-50)74-34-18-27-44(24(4)73-34)75-47-48(71-6)72-17-16-56(27)47/h7-9,22-24,27,29,34,39,44,47-48,63,65,69H,10-21H2,1-6H3,(H,51,59)(H,52,68)(H,53,66)(H,54,67)(H,55,58)/t23-,24-,27-,29-,34-,39-,44+,47+,48-,50-/m0/s1. The smallest absolute Gasteiger partial charge is 0.252 e. The van der Waals surface area contributed by atoms with Crippen molar-refractivity contribution in [2.45, 2.75) is 127 Å². The molecule has 4 saturated heterocycles. The van der Waals surface area contributed by atoms with Crippen LogP contribution in [0.15, 0.2) is 18.2 Å². The van der Waals surface area contributed by atoms with E-state index in [4.69, 9.17) is 28.4 Å². The van der Waals surface area contributed by atoms with Crippen LogP contribution >= 0.6 is 0 Å². The first-order valence-electron chi connectivity index (χ1n) is 24.9. The summed E-state index contributed by atoms with van der Waals surface area (Å²) in [7, 11) is 2.83. The Morgan fingerprint density at radius 1 is 0.867 bits per heavy atom. The van der Waals surface area contributed by atoms with Gasteiger partial charge in [-0.1, -0.05) is 26.0 Å². The molecular weight excluding hydrogens is 987 g/mol. The molecule has 2 aliphatic carbocycles. The highest BCUT2D eigenvalue weighted by Crippen LogP contribution is 2.53. The van der Waals surface area contributed by atoms with E-state index in [1.54, 1.807) is 20.8 Å². The van der Waals surface area contributed by atoms with Gasteiger partial charge in [0, 0.05) is 94.5 Å². The van der Waals surface area contributed by atoms with Crippen LogP contribution in [0.2, 0.25) is 0 Å². The summed E-state index contributed by atoms with van der Waals surface area (Å²) in [6.07, 6.45) is -5.70. The number of ether oxygens (including phenoxy) is 6. The van der Waals surface area contributed by atoms with Crippen LogP contribution in [0.4, 0.5) is 0 Å². The number of carbonyl (C=O) groups is 9. The van der Waals surface area contributed by atoms with Crippen molar-refractivity contribution in [2.75, 3.05) is 53.6 Å². The number of benzene rings is 2. The van der Waals surface area contributed by atoms with Crippen LogP contribution in [0.5, 0.6) is 17.2 Å². The molecule has 4 fully saturated rings. The zero-order valence-corrected chi connectivity index (χ0v) is 42.4. The molecule has 0 spiro atoms. The number of hydrogen-bond acceptors (Lipinski definition) is 19. The molecule has 0 aromatic heterocycles. The maximum atomic E-state index is 14.2. The van der Waals surface area contributed by atoms with Crippen LogP contribution in [0, 0.1) is 5.92 Å². The first-order chi connectivity index (χ1) is 35.7. The molecule has 75 heavy (non-hydrogen) atoms. The summed E-state index contributed by atoms with van der Waals surface area (Å²) in [4.78, 5) is 121. The monoisotopic (exact) mass is 1050 g/mol. The quantitative estimate of drug-likeness (QED) is 0.0416. The number of imide groups is 1. The van der Waals surface area contributed by atoms with E-state index in [1.807, 2.05) is 0 Å². The minimum Gasteiger partial charge on any atom is -0.507 e. The minimum atomic E-state index is -2.39. The third-order valence-electron chi connectivity index (χ3n) is 14.5. The Balaban J connectivity index is 0.905. The average molecular weight is 1050 g/mol. The van der Waals surface area contributed by atoms with E-state index in [-0.39, 0.29) is 91.2 Å². The number of hydrogen-bond donors (Lipinski definition) is 8. The van der Waals surface area contributed by atoms with Gasteiger partial charge >= 0.3 is 0 Å². The van der Waals surface area contributed by atoms with Gasteiger partial charge in [0.2, 0.25) is 41.2 Å². The van der Waals surface area contributed by atoms with Gasteiger partial charge in [0.05, 0.1) is 49.2 Å². The fraction of sp³-hybridized carbons (Fsp3) is 0.580. The number of morpholine rings is 1. The number of phenolic OH excluding ortho intramolecular Hbond substituents is 2. The van der Waals surface area contributed by atoms with Crippen molar-refractivity contribution in [3.8, 4) is 17.2 Å². The molecule has 10 atom stereocenters. The SMILES string of the molecule is COc1cccc2c1C(=O)c1c(O)c3c(c(O)c1C2=O)C[C@@](O)(C(=O)NCCNC(=O)CNC(=O)[C@H](C)NC(=O)[C@@H](NC(=O)CCN1C(=O)CCC1=O)C(C)C)C[C@@H]3O[C@H]1C[C@H]2[C@H](O[C@@H]3[C@@H](OC)OCCN32)[C@H](C)O1. The predicted octanol–water partition coefficient (Wildman–Crippen LogP) is -1.32. The number of likely N-dealkylation sites (tertiary alicyclic amines) is 1. The first-order valence-corrected chi connectivity index (χ1v) is 24.9. The molecule has 8 rings (SSSR count). The lowest BCUT2D eigenvalue weighted by Crippen LogP contribution is -2.56. The van der Waals surface area contributed by atoms with Gasteiger partial charge in [-0.3, -0.25) is 53.0 Å². The van der Waals surface area contributed by atoms with Crippen LogP contribution in [0.1, 0.15) is 109 Å². The third kappa shape index (κ3) is 10.8. The summed E-state index contributed by atoms with van der Waals surface area (Å²) in [5.41, 5.74) is -3.99. The molecule has 0 unspecified atom stereocenters. The molecule has 8 N–H and O–H groups in total. The van der Waals surface area contributed by atoms with Gasteiger partial charge in [0.15, 0.2) is 24.6 Å². The third-order valence-corrected chi connectivity index (χ3v) is 14.5. The van der Waals surface area contributed by atoms with E-state index in [1.165, 1.54) is 39.3 Å². The molecule has 2 aromatic carbocycles. The fourth-order valence-corrected chi connectivity index (χ4v) is 10.7. The Hall–Kier alpha value is -6.61. The highest BCUT2D eigenvalue weighted by molar-refractivity contribution is 6.31. The number of carbonyl (C=O) groups excluding carboxylic acids is 9. The Morgan fingerprint density at radius 3 is 2.27 bits per heavy atom. The first kappa shape index (κ1) is 54.6. The Morgan fingerprint density at radius 2 is 1.57 bits per heavy atom. The number of fused-ring (bicyclic) bond motifs is 6. The molecule has 0 saturated carbocycles. The van der Waals surface area contributed by atoms with Crippen molar-refractivity contribution in [3.63, 3.8) is 0 Å². The van der Waals surface area contributed by atoms with Crippen LogP contribution < -0.4 is 31.3 Å². The van der Waals surface area contributed by atoms with Crippen molar-refractivity contribution in [1.29, 1.82) is 0 Å². The Kier molecular flexibility index (Phi) is 16.3. The summed E-state index contributed by atoms with van der Waals surface area (Å²) >= 11 is 0. The number of amides is 7. The zero-order chi connectivity index (χ0) is 54.2. The van der Waals surface area contributed by atoms with Crippen LogP contribution in [-0.4, -0.2) is 186 Å². The van der Waals surface area contributed by atoms with Crippen molar-refractivity contribution >= 4 is 52.9 Å². The summed E-state index contributed by atoms with van der Waals surface area (Å²) < 4.78 is 35.9. The molecule has 6 aliphatic rings. The number of nitrogens with one attached hydrogen (secondary N) is 5. The molecule has 7 amide bonds. The van der Waals surface area contributed by atoms with Gasteiger partial charge in [-0.05, 0) is 25.8 Å². The van der Waals surface area contributed by atoms with E-state index in [0.29, 0.717) is 13.2 Å². The van der Waals surface area contributed by atoms with E-state index in [2.05, 4.69) is 31.5 Å². The number of methoxy groups -OCH3 is 2. The topological polar surface area (TPSA) is 336 Å². The number of rotatable bonds is 18. The molecule has 4 heterocycles. The van der Waals surface area contributed by atoms with E-state index >= 15 is 0 Å². The highest BCUT2D eigenvalue weighted by atomic mass is 16.7. The summed E-state index contributed by atoms with van der Waals surface area (Å²) in [6, 6.07) is 1.87. The lowest BCUT2D eigenvalue weighted by Gasteiger charge is -2.43. The summed E-state index contributed by atoms with van der Waals surface area (Å²) in [6.45, 7) is 6.28. The fourth-order valence-electron chi connectivity index (χ4n) is 10.7. The highest BCUT2D eigenvalue weighted by Gasteiger charge is 2.55. The van der Waals surface area contributed by atoms with Gasteiger partial charge in [-0.15, -0.1) is 0 Å². The van der Waals surface area contributed by atoms with Crippen molar-refractivity contribution in [3.05, 3.63) is 51.6 Å². The van der Waals surface area contributed by atoms with Gasteiger partial charge in [-0.25, -0.2) is 0 Å². The minimum absolute atomic E-state index is 0.0614. The number of aromatic hydroxyl groups is 2. The van der Waals surface area contributed by atoms with E-state index < -0.39 is 144 Å². The normalized spacial score (nSPS) is 26.8. The van der Waals surface area contributed by atoms with Crippen LogP contribution in [0.25, 0.3) is 0 Å². The number of ketones is 2. The maximum Gasteiger partial charge on any atom is 0.252 e. The predicted molar refractivity (Wildman–Crippen MR) is 256 cm³/mol. The molecule has 25 nitrogen and oxygen atoms in total. The Labute approximate surface area is 430 Å². The van der Waals surface area contributed by atoms with Crippen molar-refractivity contribution in [2.24, 2.45) is 5.92 Å². The van der Waals surface area contributed by atoms with Crippen LogP contribution in [-0.2, 0) is 63.7 Å². The number of aliphatic hydroxyl groups is 1. The second kappa shape index (κ2) is 22.3. The Bertz CT molecular complexity index is 2650. The van der Waals surface area contributed by atoms with E-state index in [9.17, 15) is 58.5 Å². The molecular formula is C50H63N7O18. The molecule has 25 heteroatoms. The summed E-state index contributed by atoms with van der Waals surface area (Å²) in [5, 5.41) is 48.9. The van der Waals surface area contributed by atoms with Gasteiger partial charge in [-0.2, -0.15) is 0 Å². The summed E-state index contributed by atoms with van der Waals surface area (Å²) in [5.74, 6) is -7.80. The molecule has 4 aliphatic heterocycles. The zero-order valence-electron chi connectivity index (χ0n) is 42.4. The van der Waals surface area contributed by atoms with Gasteiger partial charge in [0.25, 0.3) is 5.91 Å². The van der Waals surface area contributed by atoms with Crippen molar-refractivity contribution < 1.29 is 86.9 Å². The lowest BCUT2D eigenvalue weighted by atomic mass is 9.72. The second-order valence-corrected chi connectivity index (χ2v) is 19.7. The van der Waals surface area contributed by atoms with Gasteiger partial charge in [0.1, 0.15) is 41.0 Å². The molecule has 2 aromatic rings. The lowest BCUT2D eigenvalue weighted by molar-refractivity contribution is -0.256. The number of nitrogens with zero attached hydrogens (tertiary/aromatic N) is 2. The molecule has 406 valence electrons. The number of phenols is 2. The largest absolute Gasteiger partial charge is 0.507 e. The van der Waals surface area contributed by atoms with Crippen molar-refractivity contribution in [1.82, 2.24) is 36.4 Å². The second-order valence-electron chi connectivity index (χ2n) is 19.7. The maximum absolute atomic E-state index is 14.2. The van der Waals surface area contributed by atoms with Gasteiger partial charge < -0.3 is 70.3 Å². The van der Waals surface area contributed by atoms with E-state index in [0.717, 1.165) is 4.90 Å². The molecule has 0 bridgehead atoms. The average Bonchev–Trinajstić information content (AvgIpc) is 3.94. The van der Waals surface area contributed by atoms with Crippen LogP contribution in [0.3, 0.4) is 0 Å².